The SMILES string of the molecule is ON(O)c1cc(C2=NNC(=NCc3ccco3)SC2)ccc1Cl. The number of amidine groups is 1. The van der Waals surface area contributed by atoms with Crippen LogP contribution in [-0.2, 0) is 6.54 Å². The van der Waals surface area contributed by atoms with Crippen molar-refractivity contribution in [2.24, 2.45) is 10.1 Å². The van der Waals surface area contributed by atoms with E-state index in [1.54, 1.807) is 24.5 Å². The standard InChI is InChI=1S/C14H13ClN4O3S/c15-11-4-3-9(6-13(11)19(20)21)12-8-23-14(18-17-12)16-7-10-2-1-5-22-10/h1-6,20-21H,7-8H2,(H,16,18). The summed E-state index contributed by atoms with van der Waals surface area (Å²) in [5, 5.41) is 23.5. The predicted molar refractivity (Wildman–Crippen MR) is 89.5 cm³/mol. The first-order valence-corrected chi connectivity index (χ1v) is 8.00. The molecular formula is C14H13ClN4O3S. The number of benzene rings is 1. The van der Waals surface area contributed by atoms with Gasteiger partial charge in [0.15, 0.2) is 5.17 Å². The first-order valence-electron chi connectivity index (χ1n) is 6.63. The van der Waals surface area contributed by atoms with Gasteiger partial charge in [-0.2, -0.15) is 5.10 Å². The Morgan fingerprint density at radius 1 is 1.39 bits per heavy atom. The minimum Gasteiger partial charge on any atom is -0.467 e. The molecule has 3 rings (SSSR count). The van der Waals surface area contributed by atoms with Gasteiger partial charge in [0.2, 0.25) is 0 Å². The number of hydrogen-bond acceptors (Lipinski definition) is 7. The maximum absolute atomic E-state index is 9.15. The summed E-state index contributed by atoms with van der Waals surface area (Å²) >= 11 is 7.39. The van der Waals surface area contributed by atoms with Crippen LogP contribution in [0, 0.1) is 0 Å². The summed E-state index contributed by atoms with van der Waals surface area (Å²) in [6.07, 6.45) is 1.61. The van der Waals surface area contributed by atoms with Crippen LogP contribution in [0.1, 0.15) is 11.3 Å². The summed E-state index contributed by atoms with van der Waals surface area (Å²) in [6.45, 7) is 0.447. The number of halogens is 1. The molecule has 1 aromatic heterocycles. The molecule has 0 atom stereocenters. The monoisotopic (exact) mass is 352 g/mol. The number of furan rings is 1. The van der Waals surface area contributed by atoms with Crippen LogP contribution < -0.4 is 10.7 Å². The number of rotatable bonds is 4. The average Bonchev–Trinajstić information content (AvgIpc) is 3.07. The third-order valence-electron chi connectivity index (χ3n) is 3.09. The van der Waals surface area contributed by atoms with Gasteiger partial charge in [0, 0.05) is 11.3 Å². The minimum absolute atomic E-state index is 0.00790. The third kappa shape index (κ3) is 3.85. The molecule has 0 spiro atoms. The molecular weight excluding hydrogens is 340 g/mol. The van der Waals surface area contributed by atoms with Gasteiger partial charge in [-0.05, 0) is 24.3 Å². The lowest BCUT2D eigenvalue weighted by molar-refractivity contribution is 0.0292. The zero-order valence-electron chi connectivity index (χ0n) is 11.8. The number of anilines is 1. The fourth-order valence-electron chi connectivity index (χ4n) is 1.94. The van der Waals surface area contributed by atoms with Crippen molar-refractivity contribution in [2.75, 3.05) is 11.0 Å². The van der Waals surface area contributed by atoms with Crippen LogP contribution in [0.15, 0.2) is 51.1 Å². The Labute approximate surface area is 141 Å². The number of nitrogens with one attached hydrogen (secondary N) is 1. The lowest BCUT2D eigenvalue weighted by Gasteiger charge is -2.16. The highest BCUT2D eigenvalue weighted by Gasteiger charge is 2.15. The molecule has 2 aromatic rings. The van der Waals surface area contributed by atoms with E-state index in [1.165, 1.54) is 11.8 Å². The van der Waals surface area contributed by atoms with E-state index in [9.17, 15) is 0 Å². The summed E-state index contributed by atoms with van der Waals surface area (Å²) in [5.74, 6) is 1.38. The molecule has 1 aliphatic rings. The van der Waals surface area contributed by atoms with Crippen molar-refractivity contribution in [1.82, 2.24) is 5.43 Å². The number of hydrogen-bond donors (Lipinski definition) is 3. The smallest absolute Gasteiger partial charge is 0.177 e. The molecule has 0 amide bonds. The van der Waals surface area contributed by atoms with Gasteiger partial charge in [0.05, 0.1) is 23.5 Å². The molecule has 0 bridgehead atoms. The minimum atomic E-state index is -0.00790. The topological polar surface area (TPSA) is 93.6 Å². The molecule has 1 aliphatic heterocycles. The van der Waals surface area contributed by atoms with Gasteiger partial charge in [-0.15, -0.1) is 5.23 Å². The third-order valence-corrected chi connectivity index (χ3v) is 4.32. The van der Waals surface area contributed by atoms with Crippen molar-refractivity contribution in [1.29, 1.82) is 0 Å². The summed E-state index contributed by atoms with van der Waals surface area (Å²) in [6, 6.07) is 8.57. The van der Waals surface area contributed by atoms with Gasteiger partial charge >= 0.3 is 0 Å². The Morgan fingerprint density at radius 2 is 2.26 bits per heavy atom. The van der Waals surface area contributed by atoms with Crippen molar-refractivity contribution in [3.63, 3.8) is 0 Å². The van der Waals surface area contributed by atoms with E-state index in [-0.39, 0.29) is 15.9 Å². The Morgan fingerprint density at radius 3 is 2.91 bits per heavy atom. The van der Waals surface area contributed by atoms with E-state index in [0.717, 1.165) is 17.0 Å². The maximum atomic E-state index is 9.15. The Kier molecular flexibility index (Phi) is 4.87. The molecule has 7 nitrogen and oxygen atoms in total. The van der Waals surface area contributed by atoms with Crippen molar-refractivity contribution in [2.45, 2.75) is 6.54 Å². The fourth-order valence-corrected chi connectivity index (χ4v) is 2.91. The highest BCUT2D eigenvalue weighted by molar-refractivity contribution is 8.14. The van der Waals surface area contributed by atoms with Crippen LogP contribution in [0.2, 0.25) is 5.02 Å². The van der Waals surface area contributed by atoms with E-state index in [0.29, 0.717) is 17.5 Å². The van der Waals surface area contributed by atoms with E-state index in [4.69, 9.17) is 26.4 Å². The van der Waals surface area contributed by atoms with E-state index in [2.05, 4.69) is 15.5 Å². The van der Waals surface area contributed by atoms with E-state index in [1.807, 2.05) is 12.1 Å². The highest BCUT2D eigenvalue weighted by atomic mass is 35.5. The number of thioether (sulfide) groups is 1. The predicted octanol–water partition coefficient (Wildman–Crippen LogP) is 3.11. The largest absolute Gasteiger partial charge is 0.467 e. The second kappa shape index (κ2) is 7.05. The summed E-state index contributed by atoms with van der Waals surface area (Å²) in [7, 11) is 0. The van der Waals surface area contributed by atoms with Crippen LogP contribution in [-0.4, -0.2) is 27.0 Å². The van der Waals surface area contributed by atoms with Gasteiger partial charge in [0.1, 0.15) is 11.4 Å². The summed E-state index contributed by atoms with van der Waals surface area (Å²) in [5.41, 5.74) is 4.47. The first-order chi connectivity index (χ1) is 11.1. The molecule has 0 saturated heterocycles. The van der Waals surface area contributed by atoms with E-state index < -0.39 is 0 Å². The Balaban J connectivity index is 1.71. The number of hydrazone groups is 1. The van der Waals surface area contributed by atoms with Crippen molar-refractivity contribution < 1.29 is 14.8 Å². The van der Waals surface area contributed by atoms with Gasteiger partial charge < -0.3 is 4.42 Å². The lowest BCUT2D eigenvalue weighted by Crippen LogP contribution is -2.25. The zero-order valence-corrected chi connectivity index (χ0v) is 13.4. The molecule has 0 fully saturated rings. The average molecular weight is 353 g/mol. The Hall–Kier alpha value is -2.00. The molecule has 1 aromatic carbocycles. The Bertz CT molecular complexity index is 746. The number of nitrogens with zero attached hydrogens (tertiary/aromatic N) is 3. The fraction of sp³-hybridized carbons (Fsp3) is 0.143. The van der Waals surface area contributed by atoms with Crippen molar-refractivity contribution in [3.05, 3.63) is 52.9 Å². The summed E-state index contributed by atoms with van der Waals surface area (Å²) in [4.78, 5) is 4.37. The van der Waals surface area contributed by atoms with Crippen LogP contribution in [0.25, 0.3) is 0 Å². The number of aliphatic imine (C=N–C) groups is 1. The zero-order chi connectivity index (χ0) is 16.2. The lowest BCUT2D eigenvalue weighted by atomic mass is 10.1. The molecule has 0 unspecified atom stereocenters. The van der Waals surface area contributed by atoms with Gasteiger partial charge in [-0.3, -0.25) is 20.8 Å². The second-order valence-electron chi connectivity index (χ2n) is 4.62. The normalized spacial score (nSPS) is 16.1. The quantitative estimate of drug-likeness (QED) is 0.732. The van der Waals surface area contributed by atoms with Crippen LogP contribution in [0.3, 0.4) is 0 Å². The van der Waals surface area contributed by atoms with Gasteiger partial charge in [-0.25, -0.2) is 0 Å². The maximum Gasteiger partial charge on any atom is 0.177 e. The van der Waals surface area contributed by atoms with Gasteiger partial charge in [0.25, 0.3) is 0 Å². The van der Waals surface area contributed by atoms with Crippen molar-refractivity contribution in [3.8, 4) is 0 Å². The molecule has 3 N–H and O–H groups in total. The van der Waals surface area contributed by atoms with Crippen LogP contribution >= 0.6 is 23.4 Å². The molecule has 0 radical (unpaired) electrons. The highest BCUT2D eigenvalue weighted by Crippen LogP contribution is 2.26. The van der Waals surface area contributed by atoms with Crippen molar-refractivity contribution >= 4 is 39.9 Å². The van der Waals surface area contributed by atoms with Gasteiger partial charge in [-0.1, -0.05) is 29.4 Å². The molecule has 120 valence electrons. The molecule has 0 saturated carbocycles. The van der Waals surface area contributed by atoms with Crippen LogP contribution in [0.4, 0.5) is 5.69 Å². The molecule has 9 heteroatoms. The van der Waals surface area contributed by atoms with E-state index >= 15 is 0 Å². The second-order valence-corrected chi connectivity index (χ2v) is 5.99. The molecule has 2 heterocycles. The molecule has 23 heavy (non-hydrogen) atoms. The summed E-state index contributed by atoms with van der Waals surface area (Å²) < 4.78 is 5.22. The van der Waals surface area contributed by atoms with Crippen LogP contribution in [0.5, 0.6) is 0 Å². The molecule has 0 aliphatic carbocycles. The first kappa shape index (κ1) is 15.9.